The summed E-state index contributed by atoms with van der Waals surface area (Å²) in [5, 5.41) is 3.41. The number of hydrogen-bond acceptors (Lipinski definition) is 2. The highest BCUT2D eigenvalue weighted by Crippen LogP contribution is 2.45. The van der Waals surface area contributed by atoms with Crippen LogP contribution in [0.4, 0.5) is 0 Å². The van der Waals surface area contributed by atoms with Gasteiger partial charge >= 0.3 is 0 Å². The summed E-state index contributed by atoms with van der Waals surface area (Å²) in [6, 6.07) is 16.1. The van der Waals surface area contributed by atoms with Crippen LogP contribution in [0.1, 0.15) is 0 Å². The van der Waals surface area contributed by atoms with E-state index in [2.05, 4.69) is 36.4 Å². The van der Waals surface area contributed by atoms with Crippen LogP contribution in [-0.2, 0) is 0 Å². The Labute approximate surface area is 136 Å². The van der Waals surface area contributed by atoms with Gasteiger partial charge in [-0.25, -0.2) is 9.97 Å². The van der Waals surface area contributed by atoms with Gasteiger partial charge < -0.3 is 0 Å². The minimum atomic E-state index is 0.497. The Hall–Kier alpha value is -2.16. The van der Waals surface area contributed by atoms with Gasteiger partial charge in [-0.05, 0) is 17.5 Å². The fourth-order valence-corrected chi connectivity index (χ4v) is 3.48. The van der Waals surface area contributed by atoms with Crippen molar-refractivity contribution < 1.29 is 0 Å². The SMILES string of the molecule is Clc1cc2nc3c(nc2cc1Cl)-c1cccc2cccc-3c12. The maximum Gasteiger partial charge on any atom is 0.0979 e. The first-order valence-corrected chi connectivity index (χ1v) is 7.67. The van der Waals surface area contributed by atoms with E-state index in [1.165, 1.54) is 10.8 Å². The summed E-state index contributed by atoms with van der Waals surface area (Å²) in [4.78, 5) is 9.58. The van der Waals surface area contributed by atoms with Crippen molar-refractivity contribution in [3.63, 3.8) is 0 Å². The van der Waals surface area contributed by atoms with Crippen molar-refractivity contribution in [2.45, 2.75) is 0 Å². The summed E-state index contributed by atoms with van der Waals surface area (Å²) < 4.78 is 0. The van der Waals surface area contributed by atoms with Crippen LogP contribution < -0.4 is 0 Å². The first-order chi connectivity index (χ1) is 10.7. The molecule has 2 nitrogen and oxygen atoms in total. The smallest absolute Gasteiger partial charge is 0.0979 e. The topological polar surface area (TPSA) is 25.8 Å². The van der Waals surface area contributed by atoms with Gasteiger partial charge in [-0.15, -0.1) is 0 Å². The van der Waals surface area contributed by atoms with Crippen molar-refractivity contribution in [3.8, 4) is 22.5 Å². The Morgan fingerprint density at radius 2 is 1.18 bits per heavy atom. The summed E-state index contributed by atoms with van der Waals surface area (Å²) in [6.45, 7) is 0. The lowest BCUT2D eigenvalue weighted by molar-refractivity contribution is 1.32. The molecule has 3 aromatic carbocycles. The van der Waals surface area contributed by atoms with Gasteiger partial charge in [-0.1, -0.05) is 59.6 Å². The molecular formula is C18H8Cl2N2. The molecule has 0 amide bonds. The standard InChI is InChI=1S/C18H8Cl2N2/c19-12-7-14-15(8-13(12)20)22-18-11-6-2-4-9-3-1-5-10(16(9)11)17(18)21-14/h1-8H. The normalized spacial score (nSPS) is 12.1. The van der Waals surface area contributed by atoms with Gasteiger partial charge in [0.1, 0.15) is 0 Å². The van der Waals surface area contributed by atoms with E-state index in [-0.39, 0.29) is 0 Å². The number of rotatable bonds is 0. The lowest BCUT2D eigenvalue weighted by Crippen LogP contribution is -1.90. The third kappa shape index (κ3) is 1.51. The molecule has 0 aliphatic heterocycles. The van der Waals surface area contributed by atoms with Crippen LogP contribution >= 0.6 is 23.2 Å². The van der Waals surface area contributed by atoms with E-state index in [1.807, 2.05) is 0 Å². The molecule has 1 aliphatic carbocycles. The highest BCUT2D eigenvalue weighted by molar-refractivity contribution is 6.42. The summed E-state index contributed by atoms with van der Waals surface area (Å²) in [5.74, 6) is 0. The average molecular weight is 323 g/mol. The van der Waals surface area contributed by atoms with Crippen LogP contribution in [0, 0.1) is 0 Å². The van der Waals surface area contributed by atoms with E-state index in [1.54, 1.807) is 12.1 Å². The van der Waals surface area contributed by atoms with Crippen LogP contribution in [-0.4, -0.2) is 9.97 Å². The zero-order valence-electron chi connectivity index (χ0n) is 11.3. The van der Waals surface area contributed by atoms with Crippen molar-refractivity contribution in [3.05, 3.63) is 58.6 Å². The molecule has 4 aromatic rings. The van der Waals surface area contributed by atoms with Crippen LogP contribution in [0.3, 0.4) is 0 Å². The van der Waals surface area contributed by atoms with E-state index in [0.29, 0.717) is 10.0 Å². The molecule has 0 fully saturated rings. The molecule has 104 valence electrons. The van der Waals surface area contributed by atoms with Gasteiger partial charge in [0, 0.05) is 16.5 Å². The number of hydrogen-bond donors (Lipinski definition) is 0. The highest BCUT2D eigenvalue weighted by atomic mass is 35.5. The van der Waals surface area contributed by atoms with Gasteiger partial charge in [-0.3, -0.25) is 0 Å². The second-order valence-corrected chi connectivity index (χ2v) is 6.20. The summed E-state index contributed by atoms with van der Waals surface area (Å²) in [6.07, 6.45) is 0. The fraction of sp³-hybridized carbons (Fsp3) is 0. The Bertz CT molecular complexity index is 1020. The van der Waals surface area contributed by atoms with Crippen molar-refractivity contribution in [2.24, 2.45) is 0 Å². The molecule has 1 aliphatic rings. The molecule has 4 heteroatoms. The quantitative estimate of drug-likeness (QED) is 0.363. The van der Waals surface area contributed by atoms with Crippen molar-refractivity contribution in [1.82, 2.24) is 9.97 Å². The third-order valence-electron chi connectivity index (χ3n) is 4.12. The second-order valence-electron chi connectivity index (χ2n) is 5.39. The Morgan fingerprint density at radius 1 is 0.682 bits per heavy atom. The molecule has 22 heavy (non-hydrogen) atoms. The lowest BCUT2D eigenvalue weighted by atomic mass is 10.0. The van der Waals surface area contributed by atoms with Crippen molar-refractivity contribution in [2.75, 3.05) is 0 Å². The van der Waals surface area contributed by atoms with Crippen LogP contribution in [0.15, 0.2) is 48.5 Å². The maximum absolute atomic E-state index is 6.11. The molecule has 1 aromatic heterocycles. The molecule has 1 heterocycles. The second kappa shape index (κ2) is 4.19. The minimum absolute atomic E-state index is 0.497. The maximum atomic E-state index is 6.11. The summed E-state index contributed by atoms with van der Waals surface area (Å²) in [5.41, 5.74) is 5.61. The molecule has 0 saturated carbocycles. The predicted octanol–water partition coefficient (Wildman–Crippen LogP) is 5.74. The number of benzene rings is 3. The van der Waals surface area contributed by atoms with Gasteiger partial charge in [0.05, 0.1) is 32.5 Å². The Kier molecular flexibility index (Phi) is 2.36. The van der Waals surface area contributed by atoms with Gasteiger partial charge in [-0.2, -0.15) is 0 Å². The van der Waals surface area contributed by atoms with Gasteiger partial charge in [0.25, 0.3) is 0 Å². The van der Waals surface area contributed by atoms with E-state index < -0.39 is 0 Å². The highest BCUT2D eigenvalue weighted by Gasteiger charge is 2.24. The monoisotopic (exact) mass is 322 g/mol. The van der Waals surface area contributed by atoms with Crippen LogP contribution in [0.2, 0.25) is 10.0 Å². The average Bonchev–Trinajstić information content (AvgIpc) is 2.83. The van der Waals surface area contributed by atoms with E-state index in [4.69, 9.17) is 33.2 Å². The number of aromatic nitrogens is 2. The molecule has 0 radical (unpaired) electrons. The third-order valence-corrected chi connectivity index (χ3v) is 4.84. The summed E-state index contributed by atoms with van der Waals surface area (Å²) in [7, 11) is 0. The zero-order valence-corrected chi connectivity index (χ0v) is 12.8. The molecule has 0 atom stereocenters. The first kappa shape index (κ1) is 12.4. The van der Waals surface area contributed by atoms with E-state index in [9.17, 15) is 0 Å². The Balaban J connectivity index is 1.96. The molecule has 5 rings (SSSR count). The lowest BCUT2D eigenvalue weighted by Gasteiger charge is -2.05. The van der Waals surface area contributed by atoms with Crippen LogP contribution in [0.5, 0.6) is 0 Å². The van der Waals surface area contributed by atoms with E-state index in [0.717, 1.165) is 33.5 Å². The molecule has 0 N–H and O–H groups in total. The predicted molar refractivity (Wildman–Crippen MR) is 91.5 cm³/mol. The van der Waals surface area contributed by atoms with Crippen molar-refractivity contribution >= 4 is 45.0 Å². The zero-order chi connectivity index (χ0) is 14.8. The number of nitrogens with zero attached hydrogens (tertiary/aromatic N) is 2. The minimum Gasteiger partial charge on any atom is -0.244 e. The number of halogens is 2. The van der Waals surface area contributed by atoms with Gasteiger partial charge in [0.2, 0.25) is 0 Å². The summed E-state index contributed by atoms with van der Waals surface area (Å²) >= 11 is 12.2. The first-order valence-electron chi connectivity index (χ1n) is 6.92. The molecule has 0 unspecified atom stereocenters. The molecule has 0 spiro atoms. The van der Waals surface area contributed by atoms with Crippen LogP contribution in [0.25, 0.3) is 44.3 Å². The van der Waals surface area contributed by atoms with E-state index >= 15 is 0 Å². The largest absolute Gasteiger partial charge is 0.244 e. The molecular weight excluding hydrogens is 315 g/mol. The Morgan fingerprint density at radius 3 is 1.68 bits per heavy atom. The van der Waals surface area contributed by atoms with Crippen molar-refractivity contribution in [1.29, 1.82) is 0 Å². The van der Waals surface area contributed by atoms with Gasteiger partial charge in [0.15, 0.2) is 0 Å². The number of fused-ring (bicyclic) bond motifs is 4. The molecule has 0 bridgehead atoms. The fourth-order valence-electron chi connectivity index (χ4n) is 3.16. The molecule has 0 saturated heterocycles.